The van der Waals surface area contributed by atoms with Gasteiger partial charge in [-0.1, -0.05) is 0 Å². The van der Waals surface area contributed by atoms with E-state index < -0.39 is 17.7 Å². The normalized spacial score (nSPS) is 20.6. The van der Waals surface area contributed by atoms with E-state index in [-0.39, 0.29) is 24.4 Å². The van der Waals surface area contributed by atoms with Crippen LogP contribution in [0.15, 0.2) is 42.5 Å². The molecule has 1 saturated heterocycles. The first-order chi connectivity index (χ1) is 15.2. The number of alkyl halides is 3. The summed E-state index contributed by atoms with van der Waals surface area (Å²) < 4.78 is 45.2. The smallest absolute Gasteiger partial charge is 0.416 e. The molecule has 8 heteroatoms. The molecule has 5 nitrogen and oxygen atoms in total. The summed E-state index contributed by atoms with van der Waals surface area (Å²) in [6.07, 6.45) is -4.12. The summed E-state index contributed by atoms with van der Waals surface area (Å²) in [5.41, 5.74) is 1.74. The minimum absolute atomic E-state index is 0.0415. The summed E-state index contributed by atoms with van der Waals surface area (Å²) in [6.45, 7) is 5.72. The highest BCUT2D eigenvalue weighted by atomic mass is 19.4. The SMILES string of the molecule is COc1ccc(N2CCN3c4ccc(C(F)(F)F)cc4CC(C(=O)NC(C)C)C3C2)cc1. The van der Waals surface area contributed by atoms with Crippen molar-refractivity contribution in [3.63, 3.8) is 0 Å². The molecule has 0 saturated carbocycles. The van der Waals surface area contributed by atoms with Crippen LogP contribution in [0.2, 0.25) is 0 Å². The van der Waals surface area contributed by atoms with E-state index >= 15 is 0 Å². The second-order valence-electron chi connectivity index (χ2n) is 8.72. The highest BCUT2D eigenvalue weighted by Gasteiger charge is 2.42. The largest absolute Gasteiger partial charge is 0.497 e. The van der Waals surface area contributed by atoms with Crippen molar-refractivity contribution in [3.8, 4) is 5.75 Å². The lowest BCUT2D eigenvalue weighted by Crippen LogP contribution is -2.61. The number of rotatable bonds is 4. The van der Waals surface area contributed by atoms with Gasteiger partial charge in [-0.05, 0) is 68.3 Å². The molecule has 2 aliphatic heterocycles. The van der Waals surface area contributed by atoms with Gasteiger partial charge in [-0.2, -0.15) is 13.2 Å². The first kappa shape index (κ1) is 22.3. The highest BCUT2D eigenvalue weighted by molar-refractivity contribution is 5.82. The Labute approximate surface area is 186 Å². The van der Waals surface area contributed by atoms with Gasteiger partial charge in [0.05, 0.1) is 24.6 Å². The monoisotopic (exact) mass is 447 g/mol. The summed E-state index contributed by atoms with van der Waals surface area (Å²) >= 11 is 0. The predicted molar refractivity (Wildman–Crippen MR) is 118 cm³/mol. The van der Waals surface area contributed by atoms with E-state index in [0.717, 1.165) is 23.2 Å². The third kappa shape index (κ3) is 4.36. The highest BCUT2D eigenvalue weighted by Crippen LogP contribution is 2.40. The maximum Gasteiger partial charge on any atom is 0.416 e. The fourth-order valence-corrected chi connectivity index (χ4v) is 4.72. The lowest BCUT2D eigenvalue weighted by molar-refractivity contribution is -0.137. The van der Waals surface area contributed by atoms with Crippen molar-refractivity contribution in [1.29, 1.82) is 0 Å². The molecule has 2 aromatic carbocycles. The molecule has 4 rings (SSSR count). The summed E-state index contributed by atoms with van der Waals surface area (Å²) in [6, 6.07) is 11.5. The molecule has 2 aliphatic rings. The molecular formula is C24H28F3N3O2. The van der Waals surface area contributed by atoms with Crippen LogP contribution in [0.4, 0.5) is 24.5 Å². The standard InChI is InChI=1S/C24H28F3N3O2/c1-15(2)28-23(31)20-13-16-12-17(24(25,26)27)4-9-21(16)30-11-10-29(14-22(20)30)18-5-7-19(32-3)8-6-18/h4-9,12,15,20,22H,10-11,13-14H2,1-3H3,(H,28,31). The van der Waals surface area contributed by atoms with Crippen molar-refractivity contribution in [3.05, 3.63) is 53.6 Å². The molecule has 172 valence electrons. The van der Waals surface area contributed by atoms with Gasteiger partial charge in [-0.25, -0.2) is 0 Å². The van der Waals surface area contributed by atoms with Gasteiger partial charge in [-0.3, -0.25) is 4.79 Å². The molecule has 1 fully saturated rings. The van der Waals surface area contributed by atoms with Crippen molar-refractivity contribution < 1.29 is 22.7 Å². The second-order valence-corrected chi connectivity index (χ2v) is 8.72. The topological polar surface area (TPSA) is 44.8 Å². The number of carbonyl (C=O) groups is 1. The van der Waals surface area contributed by atoms with E-state index in [1.165, 1.54) is 6.07 Å². The van der Waals surface area contributed by atoms with Crippen molar-refractivity contribution in [2.45, 2.75) is 38.5 Å². The number of piperazine rings is 1. The Hall–Kier alpha value is -2.90. The van der Waals surface area contributed by atoms with E-state index in [9.17, 15) is 18.0 Å². The van der Waals surface area contributed by atoms with Crippen molar-refractivity contribution >= 4 is 17.3 Å². The molecular weight excluding hydrogens is 419 g/mol. The van der Waals surface area contributed by atoms with Crippen LogP contribution >= 0.6 is 0 Å². The maximum absolute atomic E-state index is 13.3. The van der Waals surface area contributed by atoms with Crippen LogP contribution in [0.3, 0.4) is 0 Å². The number of carbonyl (C=O) groups excluding carboxylic acids is 1. The first-order valence-electron chi connectivity index (χ1n) is 10.8. The van der Waals surface area contributed by atoms with Crippen LogP contribution in [0.1, 0.15) is 25.0 Å². The number of hydrogen-bond donors (Lipinski definition) is 1. The Morgan fingerprint density at radius 2 is 1.84 bits per heavy atom. The van der Waals surface area contributed by atoms with Gasteiger partial charge in [0.25, 0.3) is 0 Å². The van der Waals surface area contributed by atoms with Gasteiger partial charge >= 0.3 is 6.18 Å². The Morgan fingerprint density at radius 3 is 2.47 bits per heavy atom. The lowest BCUT2D eigenvalue weighted by Gasteiger charge is -2.50. The quantitative estimate of drug-likeness (QED) is 0.767. The van der Waals surface area contributed by atoms with E-state index in [1.807, 2.05) is 38.1 Å². The molecule has 1 amide bonds. The van der Waals surface area contributed by atoms with E-state index in [4.69, 9.17) is 4.74 Å². The van der Waals surface area contributed by atoms with Gasteiger partial charge in [0, 0.05) is 37.1 Å². The number of amides is 1. The average Bonchev–Trinajstić information content (AvgIpc) is 2.76. The molecule has 0 bridgehead atoms. The number of benzene rings is 2. The number of nitrogens with one attached hydrogen (secondary N) is 1. The average molecular weight is 448 g/mol. The number of nitrogens with zero attached hydrogens (tertiary/aromatic N) is 2. The van der Waals surface area contributed by atoms with Crippen molar-refractivity contribution in [2.24, 2.45) is 5.92 Å². The molecule has 2 aromatic rings. The predicted octanol–water partition coefficient (Wildman–Crippen LogP) is 4.11. The molecule has 2 atom stereocenters. The van der Waals surface area contributed by atoms with Gasteiger partial charge in [0.2, 0.25) is 5.91 Å². The number of anilines is 2. The van der Waals surface area contributed by atoms with Gasteiger partial charge < -0.3 is 19.9 Å². The van der Waals surface area contributed by atoms with Crippen LogP contribution in [0.5, 0.6) is 5.75 Å². The summed E-state index contributed by atoms with van der Waals surface area (Å²) in [7, 11) is 1.62. The third-order valence-electron chi connectivity index (χ3n) is 6.24. The van der Waals surface area contributed by atoms with Crippen LogP contribution in [0, 0.1) is 5.92 Å². The third-order valence-corrected chi connectivity index (χ3v) is 6.24. The summed E-state index contributed by atoms with van der Waals surface area (Å²) in [5, 5.41) is 2.97. The number of ether oxygens (including phenoxy) is 1. The van der Waals surface area contributed by atoms with Crippen LogP contribution < -0.4 is 19.9 Å². The van der Waals surface area contributed by atoms with E-state index in [0.29, 0.717) is 25.2 Å². The lowest BCUT2D eigenvalue weighted by atomic mass is 9.82. The molecule has 2 heterocycles. The fraction of sp³-hybridized carbons (Fsp3) is 0.458. The van der Waals surface area contributed by atoms with E-state index in [2.05, 4.69) is 15.1 Å². The zero-order valence-corrected chi connectivity index (χ0v) is 18.4. The first-order valence-corrected chi connectivity index (χ1v) is 10.8. The Bertz CT molecular complexity index is 975. The summed E-state index contributed by atoms with van der Waals surface area (Å²) in [5.74, 6) is 0.220. The molecule has 32 heavy (non-hydrogen) atoms. The number of methoxy groups -OCH3 is 1. The number of hydrogen-bond acceptors (Lipinski definition) is 4. The van der Waals surface area contributed by atoms with Crippen LogP contribution in [-0.2, 0) is 17.4 Å². The summed E-state index contributed by atoms with van der Waals surface area (Å²) in [4.78, 5) is 17.4. The Morgan fingerprint density at radius 1 is 1.12 bits per heavy atom. The van der Waals surface area contributed by atoms with E-state index in [1.54, 1.807) is 13.2 Å². The van der Waals surface area contributed by atoms with Crippen molar-refractivity contribution in [1.82, 2.24) is 5.32 Å². The molecule has 0 radical (unpaired) electrons. The number of fused-ring (bicyclic) bond motifs is 3. The fourth-order valence-electron chi connectivity index (χ4n) is 4.72. The zero-order valence-electron chi connectivity index (χ0n) is 18.4. The molecule has 2 unspecified atom stereocenters. The zero-order chi connectivity index (χ0) is 23.0. The van der Waals surface area contributed by atoms with Crippen LogP contribution in [0.25, 0.3) is 0 Å². The molecule has 0 spiro atoms. The Balaban J connectivity index is 1.66. The molecule has 0 aliphatic carbocycles. The second kappa shape index (κ2) is 8.56. The molecule has 0 aromatic heterocycles. The van der Waals surface area contributed by atoms with Crippen molar-refractivity contribution in [2.75, 3.05) is 36.5 Å². The van der Waals surface area contributed by atoms with Gasteiger partial charge in [0.15, 0.2) is 0 Å². The number of halogens is 3. The van der Waals surface area contributed by atoms with Gasteiger partial charge in [0.1, 0.15) is 5.75 Å². The molecule has 1 N–H and O–H groups in total. The van der Waals surface area contributed by atoms with Crippen LogP contribution in [-0.4, -0.2) is 44.7 Å². The minimum Gasteiger partial charge on any atom is -0.497 e. The van der Waals surface area contributed by atoms with Gasteiger partial charge in [-0.15, -0.1) is 0 Å². The maximum atomic E-state index is 13.3. The minimum atomic E-state index is -4.41. The Kier molecular flexibility index (Phi) is 5.97.